The summed E-state index contributed by atoms with van der Waals surface area (Å²) < 4.78 is 0. The van der Waals surface area contributed by atoms with Crippen molar-refractivity contribution in [2.24, 2.45) is 0 Å². The second-order valence-corrected chi connectivity index (χ2v) is 4.83. The minimum absolute atomic E-state index is 0.0212. The molecule has 0 bridgehead atoms. The van der Waals surface area contributed by atoms with Crippen LogP contribution < -0.4 is 5.32 Å². The largest absolute Gasteiger partial charge is 0.322 e. The van der Waals surface area contributed by atoms with E-state index in [1.54, 1.807) is 0 Å². The van der Waals surface area contributed by atoms with E-state index in [1.165, 1.54) is 5.56 Å². The lowest BCUT2D eigenvalue weighted by Gasteiger charge is -2.24. The molecule has 1 aromatic rings. The summed E-state index contributed by atoms with van der Waals surface area (Å²) in [7, 11) is 0. The number of hydrogen-bond donors (Lipinski definition) is 1. The molecule has 1 saturated heterocycles. The van der Waals surface area contributed by atoms with Gasteiger partial charge in [-0.2, -0.15) is 0 Å². The Morgan fingerprint density at radius 1 is 1.22 bits per heavy atom. The van der Waals surface area contributed by atoms with Gasteiger partial charge in [0.15, 0.2) is 0 Å². The summed E-state index contributed by atoms with van der Waals surface area (Å²) >= 11 is 0. The maximum absolute atomic E-state index is 12.3. The third-order valence-electron chi connectivity index (χ3n) is 3.53. The Hall–Kier alpha value is -1.35. The van der Waals surface area contributed by atoms with Crippen LogP contribution in [-0.4, -0.2) is 23.4 Å². The topological polar surface area (TPSA) is 32.3 Å². The molecule has 2 rings (SSSR count). The summed E-state index contributed by atoms with van der Waals surface area (Å²) in [5.74, 6) is 0.250. The fourth-order valence-corrected chi connectivity index (χ4v) is 2.45. The molecule has 1 aliphatic heterocycles. The first-order valence-corrected chi connectivity index (χ1v) is 6.89. The van der Waals surface area contributed by atoms with E-state index in [2.05, 4.69) is 31.3 Å². The number of carbonyl (C=O) groups excluding carboxylic acids is 1. The Labute approximate surface area is 109 Å². The highest BCUT2D eigenvalue weighted by atomic mass is 16.2. The van der Waals surface area contributed by atoms with Crippen molar-refractivity contribution >= 4 is 5.91 Å². The van der Waals surface area contributed by atoms with Crippen molar-refractivity contribution in [3.8, 4) is 0 Å². The molecule has 3 heteroatoms. The van der Waals surface area contributed by atoms with E-state index >= 15 is 0 Å². The molecule has 0 radical (unpaired) electrons. The van der Waals surface area contributed by atoms with Crippen LogP contribution in [0.2, 0.25) is 0 Å². The molecule has 0 spiro atoms. The van der Waals surface area contributed by atoms with Crippen LogP contribution in [0.4, 0.5) is 0 Å². The highest BCUT2D eigenvalue weighted by molar-refractivity contribution is 5.84. The van der Waals surface area contributed by atoms with Crippen LogP contribution in [0.15, 0.2) is 30.3 Å². The third kappa shape index (κ3) is 2.56. The van der Waals surface area contributed by atoms with Crippen LogP contribution in [-0.2, 0) is 4.79 Å². The summed E-state index contributed by atoms with van der Waals surface area (Å²) in [6.45, 7) is 5.06. The van der Waals surface area contributed by atoms with E-state index in [4.69, 9.17) is 0 Å². The second-order valence-electron chi connectivity index (χ2n) is 4.83. The van der Waals surface area contributed by atoms with Gasteiger partial charge in [-0.25, -0.2) is 0 Å². The SMILES string of the molecule is CCCCN1C(=O)C(CC)NC1c1ccccc1. The standard InChI is InChI=1S/C15H22N2O/c1-3-5-11-17-14(12-9-7-6-8-10-12)16-13(4-2)15(17)18/h6-10,13-14,16H,3-5,11H2,1-2H3. The molecule has 1 aromatic carbocycles. The van der Waals surface area contributed by atoms with E-state index in [9.17, 15) is 4.79 Å². The average molecular weight is 246 g/mol. The van der Waals surface area contributed by atoms with E-state index in [-0.39, 0.29) is 18.1 Å². The molecular weight excluding hydrogens is 224 g/mol. The molecule has 1 fully saturated rings. The number of amides is 1. The Balaban J connectivity index is 2.18. The minimum atomic E-state index is -0.0212. The molecule has 98 valence electrons. The lowest BCUT2D eigenvalue weighted by molar-refractivity contribution is -0.130. The molecule has 0 saturated carbocycles. The zero-order valence-corrected chi connectivity index (χ0v) is 11.2. The van der Waals surface area contributed by atoms with Crippen LogP contribution in [0, 0.1) is 0 Å². The lowest BCUT2D eigenvalue weighted by atomic mass is 10.1. The van der Waals surface area contributed by atoms with Crippen LogP contribution in [0.25, 0.3) is 0 Å². The predicted molar refractivity (Wildman–Crippen MR) is 73.0 cm³/mol. The number of unbranched alkanes of at least 4 members (excludes halogenated alkanes) is 1. The Morgan fingerprint density at radius 3 is 2.56 bits per heavy atom. The van der Waals surface area contributed by atoms with Crippen molar-refractivity contribution in [1.29, 1.82) is 0 Å². The number of nitrogens with one attached hydrogen (secondary N) is 1. The maximum Gasteiger partial charge on any atom is 0.241 e. The smallest absolute Gasteiger partial charge is 0.241 e. The van der Waals surface area contributed by atoms with Gasteiger partial charge in [-0.1, -0.05) is 50.6 Å². The van der Waals surface area contributed by atoms with Gasteiger partial charge in [0.1, 0.15) is 6.17 Å². The third-order valence-corrected chi connectivity index (χ3v) is 3.53. The Bertz CT molecular complexity index is 391. The highest BCUT2D eigenvalue weighted by Gasteiger charge is 2.37. The van der Waals surface area contributed by atoms with Crippen LogP contribution >= 0.6 is 0 Å². The van der Waals surface area contributed by atoms with E-state index in [0.717, 1.165) is 25.8 Å². The van der Waals surface area contributed by atoms with E-state index in [0.29, 0.717) is 0 Å². The van der Waals surface area contributed by atoms with Crippen molar-refractivity contribution in [3.63, 3.8) is 0 Å². The molecular formula is C15H22N2O. The van der Waals surface area contributed by atoms with Crippen molar-refractivity contribution in [2.45, 2.75) is 45.3 Å². The maximum atomic E-state index is 12.3. The first-order valence-electron chi connectivity index (χ1n) is 6.89. The average Bonchev–Trinajstić information content (AvgIpc) is 2.74. The summed E-state index contributed by atoms with van der Waals surface area (Å²) in [6, 6.07) is 10.2. The molecule has 1 N–H and O–H groups in total. The molecule has 1 heterocycles. The van der Waals surface area contributed by atoms with Gasteiger partial charge in [0, 0.05) is 6.54 Å². The number of nitrogens with zero attached hydrogens (tertiary/aromatic N) is 1. The Morgan fingerprint density at radius 2 is 1.94 bits per heavy atom. The zero-order valence-electron chi connectivity index (χ0n) is 11.2. The fraction of sp³-hybridized carbons (Fsp3) is 0.533. The first kappa shape index (κ1) is 13.1. The minimum Gasteiger partial charge on any atom is -0.322 e. The molecule has 1 aliphatic rings. The second kappa shape index (κ2) is 6.01. The fourth-order valence-electron chi connectivity index (χ4n) is 2.45. The van der Waals surface area contributed by atoms with Gasteiger partial charge in [-0.15, -0.1) is 0 Å². The van der Waals surface area contributed by atoms with Crippen molar-refractivity contribution in [2.75, 3.05) is 6.54 Å². The van der Waals surface area contributed by atoms with Crippen molar-refractivity contribution < 1.29 is 4.79 Å². The highest BCUT2D eigenvalue weighted by Crippen LogP contribution is 2.26. The quantitative estimate of drug-likeness (QED) is 0.866. The molecule has 18 heavy (non-hydrogen) atoms. The van der Waals surface area contributed by atoms with E-state index in [1.807, 2.05) is 23.1 Å². The van der Waals surface area contributed by atoms with Crippen LogP contribution in [0.1, 0.15) is 44.8 Å². The predicted octanol–water partition coefficient (Wildman–Crippen LogP) is 2.70. The van der Waals surface area contributed by atoms with Gasteiger partial charge in [0.25, 0.3) is 0 Å². The van der Waals surface area contributed by atoms with E-state index < -0.39 is 0 Å². The van der Waals surface area contributed by atoms with Crippen molar-refractivity contribution in [3.05, 3.63) is 35.9 Å². The summed E-state index contributed by atoms with van der Waals surface area (Å²) in [4.78, 5) is 14.3. The number of rotatable bonds is 5. The van der Waals surface area contributed by atoms with Gasteiger partial charge in [0.2, 0.25) is 5.91 Å². The molecule has 2 atom stereocenters. The molecule has 1 amide bonds. The zero-order chi connectivity index (χ0) is 13.0. The molecule has 3 nitrogen and oxygen atoms in total. The monoisotopic (exact) mass is 246 g/mol. The number of benzene rings is 1. The normalized spacial score (nSPS) is 23.7. The summed E-state index contributed by atoms with van der Waals surface area (Å²) in [5.41, 5.74) is 1.18. The van der Waals surface area contributed by atoms with Gasteiger partial charge in [-0.05, 0) is 18.4 Å². The molecule has 2 unspecified atom stereocenters. The molecule has 0 aromatic heterocycles. The lowest BCUT2D eigenvalue weighted by Crippen LogP contribution is -2.31. The van der Waals surface area contributed by atoms with Gasteiger partial charge >= 0.3 is 0 Å². The van der Waals surface area contributed by atoms with Gasteiger partial charge < -0.3 is 4.90 Å². The van der Waals surface area contributed by atoms with Crippen molar-refractivity contribution in [1.82, 2.24) is 10.2 Å². The molecule has 0 aliphatic carbocycles. The van der Waals surface area contributed by atoms with Gasteiger partial charge in [0.05, 0.1) is 6.04 Å². The first-order chi connectivity index (χ1) is 8.77. The van der Waals surface area contributed by atoms with Crippen LogP contribution in [0.3, 0.4) is 0 Å². The number of hydrogen-bond acceptors (Lipinski definition) is 2. The van der Waals surface area contributed by atoms with Crippen LogP contribution in [0.5, 0.6) is 0 Å². The number of carbonyl (C=O) groups is 1. The summed E-state index contributed by atoms with van der Waals surface area (Å²) in [6.07, 6.45) is 3.08. The Kier molecular flexibility index (Phi) is 4.37. The van der Waals surface area contributed by atoms with Gasteiger partial charge in [-0.3, -0.25) is 10.1 Å². The summed E-state index contributed by atoms with van der Waals surface area (Å²) in [5, 5.41) is 3.44.